The summed E-state index contributed by atoms with van der Waals surface area (Å²) in [4.78, 5) is 32.9. The van der Waals surface area contributed by atoms with E-state index in [4.69, 9.17) is 4.84 Å². The number of benzene rings is 1. The van der Waals surface area contributed by atoms with Gasteiger partial charge in [-0.25, -0.2) is 9.37 Å². The monoisotopic (exact) mass is 347 g/mol. The van der Waals surface area contributed by atoms with Crippen molar-refractivity contribution in [2.75, 3.05) is 5.32 Å². The molecular formula is C16H14FN3O3S. The van der Waals surface area contributed by atoms with Gasteiger partial charge in [-0.05, 0) is 17.7 Å². The molecule has 2 atom stereocenters. The van der Waals surface area contributed by atoms with Crippen molar-refractivity contribution in [3.63, 3.8) is 0 Å². The van der Waals surface area contributed by atoms with Crippen LogP contribution in [0.25, 0.3) is 0 Å². The summed E-state index contributed by atoms with van der Waals surface area (Å²) in [5, 5.41) is 8.50. The highest BCUT2D eigenvalue weighted by Crippen LogP contribution is 2.25. The van der Waals surface area contributed by atoms with Crippen LogP contribution in [0.1, 0.15) is 29.9 Å². The molecule has 124 valence electrons. The number of Topliss-reactive ketones (excluding diaryl/α,β-unsaturated/α-hetero) is 1. The van der Waals surface area contributed by atoms with Gasteiger partial charge in [0, 0.05) is 12.3 Å². The molecule has 0 bridgehead atoms. The number of amides is 1. The van der Waals surface area contributed by atoms with Crippen LogP contribution in [-0.2, 0) is 9.63 Å². The molecule has 2 heterocycles. The van der Waals surface area contributed by atoms with E-state index in [-0.39, 0.29) is 17.5 Å². The highest BCUT2D eigenvalue weighted by Gasteiger charge is 2.37. The van der Waals surface area contributed by atoms with E-state index in [1.807, 2.05) is 6.92 Å². The number of oxime groups is 1. The lowest BCUT2D eigenvalue weighted by Crippen LogP contribution is -2.34. The highest BCUT2D eigenvalue weighted by atomic mass is 32.1. The first-order valence-electron chi connectivity index (χ1n) is 7.22. The lowest BCUT2D eigenvalue weighted by atomic mass is 9.94. The number of hydrogen-bond donors (Lipinski definition) is 1. The summed E-state index contributed by atoms with van der Waals surface area (Å²) in [6, 6.07) is 5.84. The number of rotatable bonds is 4. The number of ketones is 1. The largest absolute Gasteiger partial charge is 0.381 e. The molecule has 2 aromatic rings. The van der Waals surface area contributed by atoms with E-state index >= 15 is 0 Å². The highest BCUT2D eigenvalue weighted by molar-refractivity contribution is 7.14. The standard InChI is InChI=1S/C16H14FN3O3S/c1-8-13(10-3-5-11(17)6-4-10)20-23-14(8)15(22)19-16-18-12(7-24-16)9(2)21/h3-8,14H,1-2H3,(H,18,19,22). The topological polar surface area (TPSA) is 80.7 Å². The zero-order valence-electron chi connectivity index (χ0n) is 12.9. The van der Waals surface area contributed by atoms with E-state index in [1.165, 1.54) is 30.4 Å². The van der Waals surface area contributed by atoms with Gasteiger partial charge in [-0.15, -0.1) is 11.3 Å². The van der Waals surface area contributed by atoms with Crippen molar-refractivity contribution in [1.29, 1.82) is 0 Å². The number of anilines is 1. The maximum absolute atomic E-state index is 13.0. The van der Waals surface area contributed by atoms with Crippen LogP contribution in [0.3, 0.4) is 0 Å². The Morgan fingerprint density at radius 2 is 2.00 bits per heavy atom. The minimum atomic E-state index is -0.810. The Hall–Kier alpha value is -2.61. The molecule has 1 aromatic carbocycles. The van der Waals surface area contributed by atoms with Crippen LogP contribution in [0, 0.1) is 11.7 Å². The number of halogens is 1. The first-order chi connectivity index (χ1) is 11.5. The van der Waals surface area contributed by atoms with Crippen LogP contribution in [-0.4, -0.2) is 28.5 Å². The molecule has 1 aliphatic heterocycles. The molecule has 2 unspecified atom stereocenters. The predicted molar refractivity (Wildman–Crippen MR) is 87.7 cm³/mol. The van der Waals surface area contributed by atoms with Crippen LogP contribution in [0.4, 0.5) is 9.52 Å². The second-order valence-electron chi connectivity index (χ2n) is 5.38. The van der Waals surface area contributed by atoms with Crippen LogP contribution < -0.4 is 5.32 Å². The number of nitrogens with one attached hydrogen (secondary N) is 1. The molecule has 1 N–H and O–H groups in total. The Balaban J connectivity index is 1.68. The van der Waals surface area contributed by atoms with Gasteiger partial charge in [0.25, 0.3) is 5.91 Å². The predicted octanol–water partition coefficient (Wildman–Crippen LogP) is 2.86. The zero-order valence-corrected chi connectivity index (χ0v) is 13.8. The second kappa shape index (κ2) is 6.48. The van der Waals surface area contributed by atoms with E-state index < -0.39 is 12.0 Å². The second-order valence-corrected chi connectivity index (χ2v) is 6.24. The first kappa shape index (κ1) is 16.3. The van der Waals surface area contributed by atoms with E-state index in [2.05, 4.69) is 15.5 Å². The summed E-state index contributed by atoms with van der Waals surface area (Å²) in [7, 11) is 0. The maximum Gasteiger partial charge on any atom is 0.270 e. The van der Waals surface area contributed by atoms with E-state index in [0.717, 1.165) is 0 Å². The average Bonchev–Trinajstić information content (AvgIpc) is 3.15. The summed E-state index contributed by atoms with van der Waals surface area (Å²) < 4.78 is 13.0. The van der Waals surface area contributed by atoms with Crippen molar-refractivity contribution >= 4 is 33.9 Å². The Bertz CT molecular complexity index is 816. The van der Waals surface area contributed by atoms with Gasteiger partial charge < -0.3 is 4.84 Å². The summed E-state index contributed by atoms with van der Waals surface area (Å²) in [5.74, 6) is -1.21. The van der Waals surface area contributed by atoms with Gasteiger partial charge >= 0.3 is 0 Å². The number of nitrogens with zero attached hydrogens (tertiary/aromatic N) is 2. The van der Waals surface area contributed by atoms with Crippen LogP contribution >= 0.6 is 11.3 Å². The zero-order chi connectivity index (χ0) is 17.3. The molecule has 0 spiro atoms. The van der Waals surface area contributed by atoms with Crippen molar-refractivity contribution in [3.8, 4) is 0 Å². The fraction of sp³-hybridized carbons (Fsp3) is 0.250. The Labute approximate surface area is 141 Å². The Kier molecular flexibility index (Phi) is 4.39. The quantitative estimate of drug-likeness (QED) is 0.863. The molecule has 0 aliphatic carbocycles. The van der Waals surface area contributed by atoms with Gasteiger partial charge in [0.05, 0.1) is 11.6 Å². The molecule has 8 heteroatoms. The summed E-state index contributed by atoms with van der Waals surface area (Å²) >= 11 is 1.17. The smallest absolute Gasteiger partial charge is 0.270 e. The van der Waals surface area contributed by atoms with Crippen LogP contribution in [0.2, 0.25) is 0 Å². The third kappa shape index (κ3) is 3.18. The van der Waals surface area contributed by atoms with Crippen LogP contribution in [0.15, 0.2) is 34.8 Å². The normalized spacial score (nSPS) is 19.5. The number of thiazole rings is 1. The molecule has 1 amide bonds. The Morgan fingerprint density at radius 1 is 1.29 bits per heavy atom. The van der Waals surface area contributed by atoms with Gasteiger partial charge in [0.2, 0.25) is 6.10 Å². The van der Waals surface area contributed by atoms with Crippen molar-refractivity contribution in [1.82, 2.24) is 4.98 Å². The van der Waals surface area contributed by atoms with Crippen LogP contribution in [0.5, 0.6) is 0 Å². The molecule has 24 heavy (non-hydrogen) atoms. The molecule has 6 nitrogen and oxygen atoms in total. The molecule has 1 aliphatic rings. The van der Waals surface area contributed by atoms with Crippen molar-refractivity contribution in [2.45, 2.75) is 20.0 Å². The first-order valence-corrected chi connectivity index (χ1v) is 8.10. The van der Waals surface area contributed by atoms with Crippen molar-refractivity contribution in [2.24, 2.45) is 11.1 Å². The summed E-state index contributed by atoms with van der Waals surface area (Å²) in [6.45, 7) is 3.22. The number of hydrogen-bond acceptors (Lipinski definition) is 6. The SMILES string of the molecule is CC(=O)c1csc(NC(=O)C2ON=C(c3ccc(F)cc3)C2C)n1. The molecule has 0 radical (unpaired) electrons. The lowest BCUT2D eigenvalue weighted by molar-refractivity contribution is -0.127. The fourth-order valence-electron chi connectivity index (χ4n) is 2.31. The maximum atomic E-state index is 13.0. The summed E-state index contributed by atoms with van der Waals surface area (Å²) in [6.07, 6.45) is -0.810. The van der Waals surface area contributed by atoms with Gasteiger partial charge in [0.15, 0.2) is 10.9 Å². The lowest BCUT2D eigenvalue weighted by Gasteiger charge is -2.13. The number of carbonyl (C=O) groups is 2. The molecule has 0 saturated heterocycles. The van der Waals surface area contributed by atoms with E-state index in [1.54, 1.807) is 17.5 Å². The minimum Gasteiger partial charge on any atom is -0.381 e. The van der Waals surface area contributed by atoms with E-state index in [0.29, 0.717) is 22.1 Å². The third-order valence-corrected chi connectivity index (χ3v) is 4.40. The number of carbonyl (C=O) groups excluding carboxylic acids is 2. The van der Waals surface area contributed by atoms with Crippen molar-refractivity contribution < 1.29 is 18.8 Å². The average molecular weight is 347 g/mol. The van der Waals surface area contributed by atoms with E-state index in [9.17, 15) is 14.0 Å². The van der Waals surface area contributed by atoms with Crippen molar-refractivity contribution in [3.05, 3.63) is 46.7 Å². The van der Waals surface area contributed by atoms with Gasteiger partial charge in [-0.1, -0.05) is 24.2 Å². The fourth-order valence-corrected chi connectivity index (χ4v) is 3.06. The minimum absolute atomic E-state index is 0.167. The molecule has 0 saturated carbocycles. The van der Waals surface area contributed by atoms with Gasteiger partial charge in [-0.3, -0.25) is 14.9 Å². The van der Waals surface area contributed by atoms with Gasteiger partial charge in [-0.2, -0.15) is 0 Å². The molecular weight excluding hydrogens is 333 g/mol. The summed E-state index contributed by atoms with van der Waals surface area (Å²) in [5.41, 5.74) is 1.59. The molecule has 1 aromatic heterocycles. The Morgan fingerprint density at radius 3 is 2.62 bits per heavy atom. The molecule has 0 fully saturated rings. The molecule has 3 rings (SSSR count). The third-order valence-electron chi connectivity index (χ3n) is 3.64. The number of aromatic nitrogens is 1. The van der Waals surface area contributed by atoms with Gasteiger partial charge in [0.1, 0.15) is 11.5 Å².